The molecule has 0 N–H and O–H groups in total. The van der Waals surface area contributed by atoms with Crippen LogP contribution in [0.4, 0.5) is 8.78 Å². The molecule has 0 saturated carbocycles. The molecule has 0 saturated heterocycles. The number of hydrogen-bond donors (Lipinski definition) is 0. The molecular formula is C21H18F2N4O3. The lowest BCUT2D eigenvalue weighted by atomic mass is 10.1. The highest BCUT2D eigenvalue weighted by Crippen LogP contribution is 2.25. The first-order valence-corrected chi connectivity index (χ1v) is 9.31. The van der Waals surface area contributed by atoms with Crippen molar-refractivity contribution in [3.8, 4) is 0 Å². The highest BCUT2D eigenvalue weighted by atomic mass is 19.3. The van der Waals surface area contributed by atoms with Crippen LogP contribution in [-0.4, -0.2) is 50.7 Å². The summed E-state index contributed by atoms with van der Waals surface area (Å²) in [6.45, 7) is -3.00. The minimum Gasteiger partial charge on any atom is -0.338 e. The Kier molecular flexibility index (Phi) is 5.03. The number of fused-ring (bicyclic) bond motifs is 2. The Bertz CT molecular complexity index is 1120. The summed E-state index contributed by atoms with van der Waals surface area (Å²) in [5, 5.41) is 0. The van der Waals surface area contributed by atoms with Gasteiger partial charge in [0.1, 0.15) is 5.82 Å². The summed E-state index contributed by atoms with van der Waals surface area (Å²) < 4.78 is 27.9. The Morgan fingerprint density at radius 3 is 2.27 bits per heavy atom. The smallest absolute Gasteiger partial charge is 0.320 e. The van der Waals surface area contributed by atoms with Crippen LogP contribution in [0.25, 0.3) is 11.0 Å². The molecule has 3 aromatic rings. The molecule has 1 aliphatic heterocycles. The van der Waals surface area contributed by atoms with Crippen LogP contribution in [0.3, 0.4) is 0 Å². The van der Waals surface area contributed by atoms with E-state index in [1.807, 2.05) is 0 Å². The maximum atomic E-state index is 13.5. The molecule has 3 amide bonds. The first-order valence-electron chi connectivity index (χ1n) is 9.31. The lowest BCUT2D eigenvalue weighted by Gasteiger charge is -2.19. The number of carbonyl (C=O) groups is 3. The maximum Gasteiger partial charge on any atom is 0.320 e. The van der Waals surface area contributed by atoms with Crippen LogP contribution in [0, 0.1) is 0 Å². The second kappa shape index (κ2) is 7.66. The summed E-state index contributed by atoms with van der Waals surface area (Å²) in [6, 6.07) is 13.0. The van der Waals surface area contributed by atoms with E-state index in [0.29, 0.717) is 16.6 Å². The number of hydrogen-bond acceptors (Lipinski definition) is 4. The maximum absolute atomic E-state index is 13.5. The van der Waals surface area contributed by atoms with Crippen molar-refractivity contribution in [3.05, 3.63) is 65.5 Å². The van der Waals surface area contributed by atoms with Crippen molar-refractivity contribution in [1.82, 2.24) is 19.4 Å². The fraction of sp³-hybridized carbons (Fsp3) is 0.238. The molecule has 1 aliphatic rings. The SMILES string of the molecule is CN(Cc1nc2ccccc2n1C(F)F)C(=O)CCN1C(=O)c2ccccc2C1=O. The number of imide groups is 1. The largest absolute Gasteiger partial charge is 0.338 e. The van der Waals surface area contributed by atoms with Crippen molar-refractivity contribution in [2.24, 2.45) is 0 Å². The van der Waals surface area contributed by atoms with Gasteiger partial charge in [0, 0.05) is 20.0 Å². The van der Waals surface area contributed by atoms with Crippen LogP contribution in [0.1, 0.15) is 39.5 Å². The molecule has 0 bridgehead atoms. The average Bonchev–Trinajstić information content (AvgIpc) is 3.21. The molecular weight excluding hydrogens is 394 g/mol. The molecule has 0 radical (unpaired) electrons. The Morgan fingerprint density at radius 1 is 1.03 bits per heavy atom. The normalized spacial score (nSPS) is 13.4. The van der Waals surface area contributed by atoms with E-state index in [0.717, 1.165) is 9.47 Å². The second-order valence-electron chi connectivity index (χ2n) is 6.97. The molecule has 9 heteroatoms. The zero-order chi connectivity index (χ0) is 21.4. The molecule has 7 nitrogen and oxygen atoms in total. The van der Waals surface area contributed by atoms with Gasteiger partial charge < -0.3 is 4.90 Å². The van der Waals surface area contributed by atoms with E-state index < -0.39 is 18.4 Å². The van der Waals surface area contributed by atoms with Gasteiger partial charge in [0.15, 0.2) is 0 Å². The number of amides is 3. The van der Waals surface area contributed by atoms with Gasteiger partial charge in [-0.05, 0) is 24.3 Å². The molecule has 0 fully saturated rings. The molecule has 2 aromatic carbocycles. The standard InChI is InChI=1S/C21H18F2N4O3/c1-25(12-17-24-15-8-4-5-9-16(15)27(17)21(22)23)18(28)10-11-26-19(29)13-6-2-3-7-14(13)20(26)30/h2-9,21H,10-12H2,1H3. The van der Waals surface area contributed by atoms with Gasteiger partial charge in [0.25, 0.3) is 11.8 Å². The molecule has 0 spiro atoms. The summed E-state index contributed by atoms with van der Waals surface area (Å²) >= 11 is 0. The first-order chi connectivity index (χ1) is 14.4. The van der Waals surface area contributed by atoms with Crippen molar-refractivity contribution >= 4 is 28.8 Å². The summed E-state index contributed by atoms with van der Waals surface area (Å²) in [6.07, 6.45) is -0.114. The summed E-state index contributed by atoms with van der Waals surface area (Å²) in [4.78, 5) is 43.8. The van der Waals surface area contributed by atoms with Crippen LogP contribution < -0.4 is 0 Å². The number of nitrogens with zero attached hydrogens (tertiary/aromatic N) is 4. The van der Waals surface area contributed by atoms with E-state index in [1.165, 1.54) is 11.9 Å². The Labute approximate surface area is 170 Å². The third kappa shape index (κ3) is 3.32. The van der Waals surface area contributed by atoms with Crippen LogP contribution in [0.15, 0.2) is 48.5 Å². The van der Waals surface area contributed by atoms with Gasteiger partial charge in [-0.25, -0.2) is 4.98 Å². The predicted molar refractivity (Wildman–Crippen MR) is 104 cm³/mol. The van der Waals surface area contributed by atoms with Gasteiger partial charge >= 0.3 is 6.55 Å². The lowest BCUT2D eigenvalue weighted by molar-refractivity contribution is -0.130. The number of aromatic nitrogens is 2. The van der Waals surface area contributed by atoms with E-state index in [1.54, 1.807) is 48.5 Å². The van der Waals surface area contributed by atoms with Gasteiger partial charge in [-0.1, -0.05) is 24.3 Å². The molecule has 0 aliphatic carbocycles. The topological polar surface area (TPSA) is 75.5 Å². The molecule has 154 valence electrons. The van der Waals surface area contributed by atoms with Crippen LogP contribution in [-0.2, 0) is 11.3 Å². The third-order valence-corrected chi connectivity index (χ3v) is 5.10. The Balaban J connectivity index is 1.44. The summed E-state index contributed by atoms with van der Waals surface area (Å²) in [5.74, 6) is -1.21. The van der Waals surface area contributed by atoms with E-state index in [4.69, 9.17) is 0 Å². The second-order valence-corrected chi connectivity index (χ2v) is 6.97. The Hall–Kier alpha value is -3.62. The van der Waals surface area contributed by atoms with Gasteiger partial charge in [-0.3, -0.25) is 23.9 Å². The van der Waals surface area contributed by atoms with E-state index >= 15 is 0 Å². The average molecular weight is 412 g/mol. The fourth-order valence-corrected chi connectivity index (χ4v) is 3.56. The predicted octanol–water partition coefficient (Wildman–Crippen LogP) is 3.08. The van der Waals surface area contributed by atoms with Gasteiger partial charge in [0.05, 0.1) is 28.7 Å². The zero-order valence-corrected chi connectivity index (χ0v) is 16.1. The monoisotopic (exact) mass is 412 g/mol. The summed E-state index contributed by atoms with van der Waals surface area (Å²) in [7, 11) is 1.47. The van der Waals surface area contributed by atoms with Gasteiger partial charge in [-0.2, -0.15) is 8.78 Å². The molecule has 0 unspecified atom stereocenters. The highest BCUT2D eigenvalue weighted by Gasteiger charge is 2.35. The number of carbonyl (C=O) groups excluding carboxylic acids is 3. The van der Waals surface area contributed by atoms with Crippen LogP contribution in [0.2, 0.25) is 0 Å². The minimum absolute atomic E-state index is 0.0581. The van der Waals surface area contributed by atoms with Crippen LogP contribution >= 0.6 is 0 Å². The van der Waals surface area contributed by atoms with Gasteiger partial charge in [0.2, 0.25) is 5.91 Å². The minimum atomic E-state index is -2.80. The van der Waals surface area contributed by atoms with Crippen LogP contribution in [0.5, 0.6) is 0 Å². The number of halogens is 2. The number of imidazole rings is 1. The number of benzene rings is 2. The summed E-state index contributed by atoms with van der Waals surface area (Å²) in [5.41, 5.74) is 1.33. The molecule has 30 heavy (non-hydrogen) atoms. The quantitative estimate of drug-likeness (QED) is 0.583. The molecule has 4 rings (SSSR count). The van der Waals surface area contributed by atoms with Gasteiger partial charge in [-0.15, -0.1) is 0 Å². The van der Waals surface area contributed by atoms with E-state index in [-0.39, 0.29) is 36.8 Å². The van der Waals surface area contributed by atoms with Crippen molar-refractivity contribution in [1.29, 1.82) is 0 Å². The highest BCUT2D eigenvalue weighted by molar-refractivity contribution is 6.21. The number of alkyl halides is 2. The van der Waals surface area contributed by atoms with Crippen molar-refractivity contribution < 1.29 is 23.2 Å². The number of para-hydroxylation sites is 2. The third-order valence-electron chi connectivity index (χ3n) is 5.10. The van der Waals surface area contributed by atoms with E-state index in [2.05, 4.69) is 4.98 Å². The molecule has 1 aromatic heterocycles. The van der Waals surface area contributed by atoms with Crippen molar-refractivity contribution in [3.63, 3.8) is 0 Å². The Morgan fingerprint density at radius 2 is 1.63 bits per heavy atom. The fourth-order valence-electron chi connectivity index (χ4n) is 3.56. The number of rotatable bonds is 6. The molecule has 0 atom stereocenters. The molecule has 2 heterocycles. The lowest BCUT2D eigenvalue weighted by Crippen LogP contribution is -2.35. The van der Waals surface area contributed by atoms with Crippen molar-refractivity contribution in [2.45, 2.75) is 19.5 Å². The van der Waals surface area contributed by atoms with Crippen molar-refractivity contribution in [2.75, 3.05) is 13.6 Å². The first kappa shape index (κ1) is 19.7. The van der Waals surface area contributed by atoms with E-state index in [9.17, 15) is 23.2 Å². The zero-order valence-electron chi connectivity index (χ0n) is 16.1.